The molecule has 3 N–H and O–H groups in total. The average Bonchev–Trinajstić information content (AvgIpc) is 3.63. The number of hydrogen-bond acceptors (Lipinski definition) is 4. The van der Waals surface area contributed by atoms with Gasteiger partial charge in [-0.1, -0.05) is 153 Å². The van der Waals surface area contributed by atoms with E-state index >= 15 is 0 Å². The van der Waals surface area contributed by atoms with Gasteiger partial charge in [-0.25, -0.2) is 0 Å². The summed E-state index contributed by atoms with van der Waals surface area (Å²) in [6.45, 7) is 0. The summed E-state index contributed by atoms with van der Waals surface area (Å²) in [5.74, 6) is 4.66. The average molecular weight is 704 g/mol. The standard InChI is InChI=1S/C49H57N3O/c1-4-13-32(14-5-1)34-23-27-37(28-24-34)47-50-48(38-29-25-35(26-30-38)33-15-6-2-7-16-33)52-49(51-47)42-31-44-46(41-20-11-10-19-40(41)42)45-39(21-12-22-43(45)53-44)36-17-8-3-9-18-36/h1,3-5,8-11,13-14,17-20,23-25,27-30,33,35,39-52H,2,6-7,12,15-16,21-22,26,31H2. The van der Waals surface area contributed by atoms with Crippen molar-refractivity contribution in [1.82, 2.24) is 16.0 Å². The Kier molecular flexibility index (Phi) is 9.58. The van der Waals surface area contributed by atoms with Crippen LogP contribution in [0.3, 0.4) is 0 Å². The van der Waals surface area contributed by atoms with Crippen LogP contribution in [-0.4, -0.2) is 24.5 Å². The first-order valence-electron chi connectivity index (χ1n) is 21.1. The molecule has 3 aromatic carbocycles. The van der Waals surface area contributed by atoms with Crippen molar-refractivity contribution in [3.8, 4) is 11.1 Å². The zero-order valence-corrected chi connectivity index (χ0v) is 31.1. The van der Waals surface area contributed by atoms with Crippen LogP contribution in [0.1, 0.15) is 87.4 Å². The number of benzene rings is 3. The molecule has 3 saturated carbocycles. The minimum atomic E-state index is 0.0373. The van der Waals surface area contributed by atoms with Crippen molar-refractivity contribution in [2.45, 2.75) is 101 Å². The quantitative estimate of drug-likeness (QED) is 0.239. The van der Waals surface area contributed by atoms with E-state index in [-0.39, 0.29) is 18.5 Å². The lowest BCUT2D eigenvalue weighted by molar-refractivity contribution is -0.0353. The van der Waals surface area contributed by atoms with E-state index in [4.69, 9.17) is 4.74 Å². The number of hydrogen-bond donors (Lipinski definition) is 3. The number of allylic oxidation sites excluding steroid dienone is 6. The van der Waals surface area contributed by atoms with Crippen LogP contribution in [0.2, 0.25) is 0 Å². The second-order valence-electron chi connectivity index (χ2n) is 17.3. The van der Waals surface area contributed by atoms with Gasteiger partial charge in [0.15, 0.2) is 0 Å². The van der Waals surface area contributed by atoms with E-state index < -0.39 is 0 Å². The van der Waals surface area contributed by atoms with Crippen LogP contribution in [0, 0.1) is 41.4 Å². The zero-order chi connectivity index (χ0) is 35.1. The molecule has 12 unspecified atom stereocenters. The molecule has 7 aliphatic rings. The maximum absolute atomic E-state index is 7.22. The first-order chi connectivity index (χ1) is 26.3. The monoisotopic (exact) mass is 703 g/mol. The Morgan fingerprint density at radius 2 is 1.30 bits per heavy atom. The van der Waals surface area contributed by atoms with Gasteiger partial charge in [-0.05, 0) is 114 Å². The second-order valence-corrected chi connectivity index (χ2v) is 17.3. The topological polar surface area (TPSA) is 45.3 Å². The molecule has 5 aliphatic carbocycles. The van der Waals surface area contributed by atoms with E-state index in [0.717, 1.165) is 18.8 Å². The Morgan fingerprint density at radius 1 is 0.566 bits per heavy atom. The Labute approximate surface area is 317 Å². The lowest BCUT2D eigenvalue weighted by Gasteiger charge is -2.51. The highest BCUT2D eigenvalue weighted by atomic mass is 16.5. The molecule has 4 nitrogen and oxygen atoms in total. The van der Waals surface area contributed by atoms with E-state index in [1.165, 1.54) is 79.2 Å². The van der Waals surface area contributed by atoms with Crippen LogP contribution >= 0.6 is 0 Å². The molecule has 5 fully saturated rings. The normalized spacial score (nSPS) is 38.1. The highest BCUT2D eigenvalue weighted by Gasteiger charge is 2.58. The first-order valence-corrected chi connectivity index (χ1v) is 21.1. The molecule has 53 heavy (non-hydrogen) atoms. The Bertz CT molecular complexity index is 1820. The fraction of sp³-hybridized carbons (Fsp3) is 0.469. The van der Waals surface area contributed by atoms with E-state index in [1.54, 1.807) is 0 Å². The zero-order valence-electron chi connectivity index (χ0n) is 31.1. The lowest BCUT2D eigenvalue weighted by Crippen LogP contribution is -2.67. The van der Waals surface area contributed by atoms with Crippen molar-refractivity contribution in [3.63, 3.8) is 0 Å². The van der Waals surface area contributed by atoms with Crippen molar-refractivity contribution in [1.29, 1.82) is 0 Å². The van der Waals surface area contributed by atoms with E-state index in [9.17, 15) is 0 Å². The van der Waals surface area contributed by atoms with Crippen LogP contribution < -0.4 is 16.0 Å². The first kappa shape index (κ1) is 34.0. The van der Waals surface area contributed by atoms with Gasteiger partial charge in [0.2, 0.25) is 0 Å². The minimum absolute atomic E-state index is 0.0373. The number of ether oxygens (including phenoxy) is 1. The van der Waals surface area contributed by atoms with Crippen molar-refractivity contribution >= 4 is 0 Å². The molecule has 2 aliphatic heterocycles. The molecule has 0 amide bonds. The Morgan fingerprint density at radius 3 is 2.08 bits per heavy atom. The van der Waals surface area contributed by atoms with Crippen LogP contribution in [0.15, 0.2) is 133 Å². The third kappa shape index (κ3) is 6.65. The molecule has 2 heterocycles. The predicted molar refractivity (Wildman–Crippen MR) is 216 cm³/mol. The molecule has 274 valence electrons. The van der Waals surface area contributed by atoms with Crippen LogP contribution in [0.4, 0.5) is 0 Å². The van der Waals surface area contributed by atoms with Crippen molar-refractivity contribution in [3.05, 3.63) is 144 Å². The number of fused-ring (bicyclic) bond motifs is 5. The highest BCUT2D eigenvalue weighted by molar-refractivity contribution is 5.63. The molecule has 10 rings (SSSR count). The van der Waals surface area contributed by atoms with Crippen LogP contribution in [0.5, 0.6) is 0 Å². The largest absolute Gasteiger partial charge is 0.374 e. The molecular weight excluding hydrogens is 647 g/mol. The minimum Gasteiger partial charge on any atom is -0.374 e. The SMILES string of the molecule is C1=CC2C(C=C1)C1C(CC2C2NC(C3=CCC(C4CCCCC4)C=C3)NC(c3ccc(-c4ccccc4)cc3)N2)OC2CCCC(c3ccccc3)C21. The van der Waals surface area contributed by atoms with Crippen molar-refractivity contribution < 1.29 is 4.74 Å². The summed E-state index contributed by atoms with van der Waals surface area (Å²) < 4.78 is 7.22. The van der Waals surface area contributed by atoms with Crippen LogP contribution in [-0.2, 0) is 4.74 Å². The van der Waals surface area contributed by atoms with E-state index in [2.05, 4.69) is 143 Å². The van der Waals surface area contributed by atoms with Gasteiger partial charge in [0.05, 0.1) is 30.7 Å². The Hall–Kier alpha value is -3.54. The second kappa shape index (κ2) is 14.9. The van der Waals surface area contributed by atoms with Gasteiger partial charge in [0.25, 0.3) is 0 Å². The summed E-state index contributed by atoms with van der Waals surface area (Å²) in [5.41, 5.74) is 6.73. The number of rotatable bonds is 6. The van der Waals surface area contributed by atoms with Gasteiger partial charge in [-0.15, -0.1) is 0 Å². The van der Waals surface area contributed by atoms with E-state index in [1.807, 2.05) is 0 Å². The van der Waals surface area contributed by atoms with Gasteiger partial charge >= 0.3 is 0 Å². The summed E-state index contributed by atoms with van der Waals surface area (Å²) in [6, 6.07) is 31.4. The molecule has 12 atom stereocenters. The fourth-order valence-electron chi connectivity index (χ4n) is 12.0. The van der Waals surface area contributed by atoms with Crippen LogP contribution in [0.25, 0.3) is 11.1 Å². The smallest absolute Gasteiger partial charge is 0.0862 e. The summed E-state index contributed by atoms with van der Waals surface area (Å²) in [7, 11) is 0. The summed E-state index contributed by atoms with van der Waals surface area (Å²) in [5, 5.41) is 12.4. The molecule has 4 heteroatoms. The molecular formula is C49H57N3O. The summed E-state index contributed by atoms with van der Waals surface area (Å²) >= 11 is 0. The van der Waals surface area contributed by atoms with E-state index in [0.29, 0.717) is 53.6 Å². The van der Waals surface area contributed by atoms with Crippen molar-refractivity contribution in [2.24, 2.45) is 41.4 Å². The molecule has 3 aromatic rings. The van der Waals surface area contributed by atoms with Crippen molar-refractivity contribution in [2.75, 3.05) is 0 Å². The highest BCUT2D eigenvalue weighted by Crippen LogP contribution is 2.58. The predicted octanol–water partition coefficient (Wildman–Crippen LogP) is 10.2. The third-order valence-corrected chi connectivity index (χ3v) is 14.6. The summed E-state index contributed by atoms with van der Waals surface area (Å²) in [4.78, 5) is 0. The summed E-state index contributed by atoms with van der Waals surface area (Å²) in [6.07, 6.45) is 31.3. The molecule has 0 aromatic heterocycles. The number of nitrogens with one attached hydrogen (secondary N) is 3. The van der Waals surface area contributed by atoms with Gasteiger partial charge in [0.1, 0.15) is 0 Å². The van der Waals surface area contributed by atoms with Gasteiger partial charge in [0, 0.05) is 0 Å². The third-order valence-electron chi connectivity index (χ3n) is 14.6. The lowest BCUT2D eigenvalue weighted by atomic mass is 9.56. The van der Waals surface area contributed by atoms with Gasteiger partial charge < -0.3 is 4.74 Å². The fourth-order valence-corrected chi connectivity index (χ4v) is 12.0. The molecule has 0 spiro atoms. The molecule has 2 saturated heterocycles. The Balaban J connectivity index is 0.944. The van der Waals surface area contributed by atoms with Gasteiger partial charge in [-0.2, -0.15) is 0 Å². The molecule has 0 radical (unpaired) electrons. The van der Waals surface area contributed by atoms with Gasteiger partial charge in [-0.3, -0.25) is 16.0 Å². The molecule has 0 bridgehead atoms. The maximum Gasteiger partial charge on any atom is 0.0862 e. The maximum atomic E-state index is 7.22.